The van der Waals surface area contributed by atoms with Gasteiger partial charge in [-0.05, 0) is 6.07 Å². The van der Waals surface area contributed by atoms with E-state index in [1.54, 1.807) is 0 Å². The van der Waals surface area contributed by atoms with Crippen molar-refractivity contribution in [1.29, 1.82) is 0 Å². The molecule has 2 heterocycles. The van der Waals surface area contributed by atoms with Crippen LogP contribution in [0.5, 0.6) is 0 Å². The minimum atomic E-state index is -0.194. The maximum Gasteiger partial charge on any atom is 0.252 e. The smallest absolute Gasteiger partial charge is 0.252 e. The second-order valence-corrected chi connectivity index (χ2v) is 6.28. The molecule has 92 valence electrons. The van der Waals surface area contributed by atoms with Crippen molar-refractivity contribution in [1.82, 2.24) is 10.3 Å². The molecule has 1 aliphatic heterocycles. The summed E-state index contributed by atoms with van der Waals surface area (Å²) in [4.78, 5) is 25.1. The number of aromatic nitrogens is 1. The van der Waals surface area contributed by atoms with E-state index >= 15 is 0 Å². The van der Waals surface area contributed by atoms with Crippen LogP contribution in [0.25, 0.3) is 0 Å². The van der Waals surface area contributed by atoms with Crippen molar-refractivity contribution in [2.24, 2.45) is 0 Å². The van der Waals surface area contributed by atoms with E-state index in [2.05, 4.69) is 10.3 Å². The number of amides is 1. The topological polar surface area (TPSA) is 62.0 Å². The Morgan fingerprint density at radius 3 is 3.00 bits per heavy atom. The Bertz CT molecular complexity index is 421. The highest BCUT2D eigenvalue weighted by atomic mass is 32.2. The van der Waals surface area contributed by atoms with Gasteiger partial charge in [0.05, 0.1) is 5.56 Å². The number of nitrogens with one attached hydrogen (secondary N) is 2. The summed E-state index contributed by atoms with van der Waals surface area (Å²) in [6.07, 6.45) is 1.44. The molecule has 17 heavy (non-hydrogen) atoms. The maximum atomic E-state index is 11.7. The van der Waals surface area contributed by atoms with E-state index in [1.165, 1.54) is 24.1 Å². The van der Waals surface area contributed by atoms with Gasteiger partial charge in [0.1, 0.15) is 0 Å². The van der Waals surface area contributed by atoms with Crippen molar-refractivity contribution >= 4 is 29.4 Å². The molecule has 2 N–H and O–H groups in total. The third-order valence-electron chi connectivity index (χ3n) is 2.42. The molecule has 0 radical (unpaired) electrons. The number of carbonyl (C=O) groups excluding carboxylic acids is 1. The van der Waals surface area contributed by atoms with Crippen LogP contribution >= 0.6 is 23.5 Å². The monoisotopic (exact) mass is 270 g/mol. The molecule has 1 fully saturated rings. The molecular formula is C11H14N2O2S2. The van der Waals surface area contributed by atoms with Crippen molar-refractivity contribution in [2.45, 2.75) is 5.25 Å². The number of thioether (sulfide) groups is 2. The van der Waals surface area contributed by atoms with Crippen LogP contribution in [0, 0.1) is 0 Å². The number of rotatable bonds is 3. The fraction of sp³-hybridized carbons (Fsp3) is 0.455. The largest absolute Gasteiger partial charge is 0.351 e. The number of hydrogen-bond acceptors (Lipinski definition) is 4. The molecule has 1 aromatic heterocycles. The van der Waals surface area contributed by atoms with Gasteiger partial charge in [-0.2, -0.15) is 23.5 Å². The molecule has 1 amide bonds. The first-order valence-corrected chi connectivity index (χ1v) is 7.62. The highest BCUT2D eigenvalue weighted by Crippen LogP contribution is 2.23. The average Bonchev–Trinajstić information content (AvgIpc) is 2.38. The molecule has 1 unspecified atom stereocenters. The third-order valence-corrected chi connectivity index (χ3v) is 5.27. The van der Waals surface area contributed by atoms with Crippen molar-refractivity contribution in [3.8, 4) is 0 Å². The molecule has 1 saturated heterocycles. The fourth-order valence-corrected chi connectivity index (χ4v) is 4.13. The van der Waals surface area contributed by atoms with Gasteiger partial charge >= 0.3 is 0 Å². The van der Waals surface area contributed by atoms with Gasteiger partial charge in [0.2, 0.25) is 5.56 Å². The Hall–Kier alpha value is -0.880. The molecule has 2 rings (SSSR count). The molecule has 0 spiro atoms. The predicted molar refractivity (Wildman–Crippen MR) is 73.0 cm³/mol. The fourth-order valence-electron chi connectivity index (χ4n) is 1.51. The normalized spacial score (nSPS) is 19.9. The number of carbonyl (C=O) groups is 1. The van der Waals surface area contributed by atoms with Crippen LogP contribution in [0.4, 0.5) is 0 Å². The summed E-state index contributed by atoms with van der Waals surface area (Å²) >= 11 is 3.84. The van der Waals surface area contributed by atoms with Crippen LogP contribution in [0.2, 0.25) is 0 Å². The second-order valence-electron chi connectivity index (χ2n) is 3.72. The second kappa shape index (κ2) is 6.16. The molecule has 0 saturated carbocycles. The van der Waals surface area contributed by atoms with Crippen LogP contribution in [0.1, 0.15) is 10.4 Å². The van der Waals surface area contributed by atoms with E-state index in [0.29, 0.717) is 17.4 Å². The van der Waals surface area contributed by atoms with E-state index in [0.717, 1.165) is 11.5 Å². The van der Waals surface area contributed by atoms with Gasteiger partial charge in [-0.3, -0.25) is 9.59 Å². The van der Waals surface area contributed by atoms with Crippen LogP contribution in [-0.2, 0) is 0 Å². The van der Waals surface area contributed by atoms with Crippen LogP contribution < -0.4 is 10.9 Å². The summed E-state index contributed by atoms with van der Waals surface area (Å²) in [6, 6.07) is 2.90. The first-order chi connectivity index (χ1) is 8.25. The van der Waals surface area contributed by atoms with Crippen molar-refractivity contribution in [3.63, 3.8) is 0 Å². The lowest BCUT2D eigenvalue weighted by Gasteiger charge is -2.21. The summed E-state index contributed by atoms with van der Waals surface area (Å²) in [5.74, 6) is 3.33. The average molecular weight is 270 g/mol. The zero-order chi connectivity index (χ0) is 12.1. The van der Waals surface area contributed by atoms with Crippen molar-refractivity contribution in [2.75, 3.05) is 23.8 Å². The predicted octanol–water partition coefficient (Wildman–Crippen LogP) is 0.953. The van der Waals surface area contributed by atoms with Crippen LogP contribution in [0.3, 0.4) is 0 Å². The molecule has 1 aliphatic rings. The summed E-state index contributed by atoms with van der Waals surface area (Å²) in [5, 5.41) is 3.39. The Balaban J connectivity index is 1.84. The quantitative estimate of drug-likeness (QED) is 0.858. The van der Waals surface area contributed by atoms with Crippen LogP contribution in [0.15, 0.2) is 23.1 Å². The van der Waals surface area contributed by atoms with E-state index < -0.39 is 0 Å². The lowest BCUT2D eigenvalue weighted by molar-refractivity contribution is 0.0954. The highest BCUT2D eigenvalue weighted by molar-refractivity contribution is 8.06. The molecule has 1 atom stereocenters. The molecule has 6 heteroatoms. The van der Waals surface area contributed by atoms with E-state index in [9.17, 15) is 9.59 Å². The SMILES string of the molecule is O=C(NCC1CSCCS1)c1ccc(=O)[nH]c1. The molecule has 4 nitrogen and oxygen atoms in total. The number of H-pyrrole nitrogens is 1. The van der Waals surface area contributed by atoms with Gasteiger partial charge in [-0.1, -0.05) is 0 Å². The highest BCUT2D eigenvalue weighted by Gasteiger charge is 2.15. The zero-order valence-corrected chi connectivity index (χ0v) is 10.9. The Morgan fingerprint density at radius 2 is 2.35 bits per heavy atom. The minimum Gasteiger partial charge on any atom is -0.351 e. The van der Waals surface area contributed by atoms with Gasteiger partial charge in [-0.25, -0.2) is 0 Å². The lowest BCUT2D eigenvalue weighted by Crippen LogP contribution is -2.33. The van der Waals surface area contributed by atoms with Gasteiger partial charge < -0.3 is 10.3 Å². The minimum absolute atomic E-state index is 0.127. The Morgan fingerprint density at radius 1 is 1.47 bits per heavy atom. The zero-order valence-electron chi connectivity index (χ0n) is 9.27. The maximum absolute atomic E-state index is 11.7. The van der Waals surface area contributed by atoms with Crippen molar-refractivity contribution < 1.29 is 4.79 Å². The summed E-state index contributed by atoms with van der Waals surface area (Å²) in [5.41, 5.74) is 0.304. The molecule has 0 aromatic carbocycles. The standard InChI is InChI=1S/C11H14N2O2S2/c14-10-2-1-8(5-12-10)11(15)13-6-9-7-16-3-4-17-9/h1-2,5,9H,3-4,6-7H2,(H,12,14)(H,13,15). The molecular weight excluding hydrogens is 256 g/mol. The molecule has 1 aromatic rings. The van der Waals surface area contributed by atoms with Crippen LogP contribution in [-0.4, -0.2) is 39.9 Å². The Labute approximate surface area is 108 Å². The van der Waals surface area contributed by atoms with Gasteiger partial charge in [0.25, 0.3) is 5.91 Å². The number of pyridine rings is 1. The number of aromatic amines is 1. The lowest BCUT2D eigenvalue weighted by atomic mass is 10.2. The summed E-state index contributed by atoms with van der Waals surface area (Å²) in [7, 11) is 0. The Kier molecular flexibility index (Phi) is 4.56. The summed E-state index contributed by atoms with van der Waals surface area (Å²) < 4.78 is 0. The first kappa shape index (κ1) is 12.6. The number of hydrogen-bond donors (Lipinski definition) is 2. The van der Waals surface area contributed by atoms with Gasteiger partial charge in [0, 0.05) is 41.3 Å². The van der Waals surface area contributed by atoms with Crippen molar-refractivity contribution in [3.05, 3.63) is 34.2 Å². The summed E-state index contributed by atoms with van der Waals surface area (Å²) in [6.45, 7) is 0.690. The first-order valence-electron chi connectivity index (χ1n) is 5.42. The third kappa shape index (κ3) is 3.81. The van der Waals surface area contributed by atoms with E-state index in [1.807, 2.05) is 23.5 Å². The van der Waals surface area contributed by atoms with Gasteiger partial charge in [-0.15, -0.1) is 0 Å². The van der Waals surface area contributed by atoms with E-state index in [-0.39, 0.29) is 11.5 Å². The van der Waals surface area contributed by atoms with Gasteiger partial charge in [0.15, 0.2) is 0 Å². The van der Waals surface area contributed by atoms with E-state index in [4.69, 9.17) is 0 Å². The molecule has 0 aliphatic carbocycles. The molecule has 0 bridgehead atoms.